The topological polar surface area (TPSA) is 61.4 Å². The third kappa shape index (κ3) is 7.26. The summed E-state index contributed by atoms with van der Waals surface area (Å²) in [6.07, 6.45) is 0.279. The van der Waals surface area contributed by atoms with Crippen molar-refractivity contribution in [1.29, 1.82) is 0 Å². The van der Waals surface area contributed by atoms with Crippen LogP contribution < -0.4 is 10.6 Å². The number of aryl methyl sites for hydroxylation is 1. The predicted molar refractivity (Wildman–Crippen MR) is 82.8 cm³/mol. The summed E-state index contributed by atoms with van der Waals surface area (Å²) in [6.45, 7) is 8.89. The first-order chi connectivity index (χ1) is 9.26. The number of amides is 1. The second-order valence-corrected chi connectivity index (χ2v) is 6.46. The van der Waals surface area contributed by atoms with Crippen LogP contribution in [0.15, 0.2) is 24.3 Å². The first-order valence-corrected chi connectivity index (χ1v) is 7.01. The molecule has 0 radical (unpaired) electrons. The minimum Gasteiger partial charge on any atom is -0.392 e. The number of nitrogens with one attached hydrogen (secondary N) is 2. The van der Waals surface area contributed by atoms with Crippen molar-refractivity contribution in [3.05, 3.63) is 29.8 Å². The number of benzene rings is 1. The lowest BCUT2D eigenvalue weighted by Crippen LogP contribution is -2.35. The zero-order valence-electron chi connectivity index (χ0n) is 12.9. The van der Waals surface area contributed by atoms with Crippen LogP contribution in [0, 0.1) is 12.3 Å². The molecule has 0 saturated carbocycles. The van der Waals surface area contributed by atoms with E-state index in [-0.39, 0.29) is 17.9 Å². The molecule has 112 valence electrons. The maximum atomic E-state index is 11.7. The minimum atomic E-state index is -0.429. The molecule has 1 unspecified atom stereocenters. The summed E-state index contributed by atoms with van der Waals surface area (Å²) in [5.74, 6) is -0.100. The number of rotatable bonds is 6. The summed E-state index contributed by atoms with van der Waals surface area (Å²) in [7, 11) is 0. The number of hydrogen-bond donors (Lipinski definition) is 3. The molecule has 0 bridgehead atoms. The molecule has 1 aromatic carbocycles. The van der Waals surface area contributed by atoms with Crippen LogP contribution in [0.2, 0.25) is 0 Å². The van der Waals surface area contributed by atoms with Gasteiger partial charge in [0, 0.05) is 12.2 Å². The zero-order chi connectivity index (χ0) is 15.2. The number of carbonyl (C=O) groups excluding carboxylic acids is 1. The van der Waals surface area contributed by atoms with Gasteiger partial charge in [-0.2, -0.15) is 0 Å². The van der Waals surface area contributed by atoms with Gasteiger partial charge in [-0.3, -0.25) is 4.79 Å². The summed E-state index contributed by atoms with van der Waals surface area (Å²) in [6, 6.07) is 7.66. The minimum absolute atomic E-state index is 0.0885. The van der Waals surface area contributed by atoms with E-state index in [9.17, 15) is 9.90 Å². The molecular formula is C16H26N2O2. The number of hydrogen-bond acceptors (Lipinski definition) is 3. The first-order valence-electron chi connectivity index (χ1n) is 7.01. The normalized spacial score (nSPS) is 13.1. The molecule has 0 aliphatic heterocycles. The molecule has 20 heavy (non-hydrogen) atoms. The van der Waals surface area contributed by atoms with Crippen molar-refractivity contribution in [3.63, 3.8) is 0 Å². The largest absolute Gasteiger partial charge is 0.392 e. The number of aliphatic hydroxyl groups excluding tert-OH is 1. The Morgan fingerprint density at radius 1 is 1.25 bits per heavy atom. The van der Waals surface area contributed by atoms with E-state index in [2.05, 4.69) is 31.4 Å². The van der Waals surface area contributed by atoms with Crippen molar-refractivity contribution in [3.8, 4) is 0 Å². The van der Waals surface area contributed by atoms with Gasteiger partial charge in [-0.25, -0.2) is 0 Å². The maximum Gasteiger partial charge on any atom is 0.238 e. The third-order valence-corrected chi connectivity index (χ3v) is 2.85. The molecule has 3 N–H and O–H groups in total. The fraction of sp³-hybridized carbons (Fsp3) is 0.562. The Balaban J connectivity index is 2.25. The molecule has 0 fully saturated rings. The van der Waals surface area contributed by atoms with Crippen LogP contribution in [-0.2, 0) is 4.79 Å². The highest BCUT2D eigenvalue weighted by Gasteiger charge is 2.16. The van der Waals surface area contributed by atoms with Crippen LogP contribution in [0.25, 0.3) is 0 Å². The van der Waals surface area contributed by atoms with Crippen LogP contribution in [0.5, 0.6) is 0 Å². The van der Waals surface area contributed by atoms with Crippen LogP contribution >= 0.6 is 0 Å². The predicted octanol–water partition coefficient (Wildman–Crippen LogP) is 2.32. The molecule has 0 saturated heterocycles. The Labute approximate surface area is 121 Å². The monoisotopic (exact) mass is 278 g/mol. The van der Waals surface area contributed by atoms with E-state index >= 15 is 0 Å². The average molecular weight is 278 g/mol. The van der Waals surface area contributed by atoms with E-state index in [0.717, 1.165) is 11.3 Å². The van der Waals surface area contributed by atoms with Crippen molar-refractivity contribution in [1.82, 2.24) is 5.32 Å². The summed E-state index contributed by atoms with van der Waals surface area (Å²) >= 11 is 0. The van der Waals surface area contributed by atoms with E-state index in [1.807, 2.05) is 31.2 Å². The third-order valence-electron chi connectivity index (χ3n) is 2.85. The van der Waals surface area contributed by atoms with Crippen molar-refractivity contribution in [2.75, 3.05) is 18.4 Å². The van der Waals surface area contributed by atoms with Gasteiger partial charge in [0.05, 0.1) is 12.6 Å². The molecule has 0 spiro atoms. The second kappa shape index (κ2) is 7.41. The van der Waals surface area contributed by atoms with Crippen LogP contribution in [0.3, 0.4) is 0 Å². The Bertz CT molecular complexity index is 421. The maximum absolute atomic E-state index is 11.7. The van der Waals surface area contributed by atoms with E-state index in [4.69, 9.17) is 0 Å². The van der Waals surface area contributed by atoms with Gasteiger partial charge in [0.1, 0.15) is 0 Å². The standard InChI is InChI=1S/C16H26N2O2/c1-12-5-7-13(8-6-12)18-15(20)11-17-10-14(19)9-16(2,3)4/h5-8,14,17,19H,9-11H2,1-4H3,(H,18,20). The zero-order valence-corrected chi connectivity index (χ0v) is 12.9. The Hall–Kier alpha value is -1.39. The summed E-state index contributed by atoms with van der Waals surface area (Å²) in [5, 5.41) is 15.6. The van der Waals surface area contributed by atoms with Crippen molar-refractivity contribution < 1.29 is 9.90 Å². The van der Waals surface area contributed by atoms with E-state index in [0.29, 0.717) is 13.0 Å². The Morgan fingerprint density at radius 2 is 1.85 bits per heavy atom. The Morgan fingerprint density at radius 3 is 2.40 bits per heavy atom. The highest BCUT2D eigenvalue weighted by Crippen LogP contribution is 2.20. The lowest BCUT2D eigenvalue weighted by Gasteiger charge is -2.22. The number of anilines is 1. The van der Waals surface area contributed by atoms with Gasteiger partial charge in [0.2, 0.25) is 5.91 Å². The molecule has 0 aliphatic carbocycles. The molecule has 0 heterocycles. The highest BCUT2D eigenvalue weighted by atomic mass is 16.3. The Kier molecular flexibility index (Phi) is 6.17. The smallest absolute Gasteiger partial charge is 0.238 e. The van der Waals surface area contributed by atoms with Crippen molar-refractivity contribution in [2.45, 2.75) is 40.2 Å². The van der Waals surface area contributed by atoms with Gasteiger partial charge >= 0.3 is 0 Å². The molecule has 1 rings (SSSR count). The van der Waals surface area contributed by atoms with Crippen molar-refractivity contribution in [2.24, 2.45) is 5.41 Å². The highest BCUT2D eigenvalue weighted by molar-refractivity contribution is 5.92. The van der Waals surface area contributed by atoms with Gasteiger partial charge in [-0.15, -0.1) is 0 Å². The van der Waals surface area contributed by atoms with Crippen LogP contribution in [0.1, 0.15) is 32.8 Å². The van der Waals surface area contributed by atoms with Gasteiger partial charge in [-0.05, 0) is 30.9 Å². The molecular weight excluding hydrogens is 252 g/mol. The number of carbonyl (C=O) groups is 1. The number of aliphatic hydroxyl groups is 1. The lowest BCUT2D eigenvalue weighted by atomic mass is 9.89. The van der Waals surface area contributed by atoms with Crippen molar-refractivity contribution >= 4 is 11.6 Å². The fourth-order valence-corrected chi connectivity index (χ4v) is 1.97. The molecule has 1 atom stereocenters. The summed E-state index contributed by atoms with van der Waals surface area (Å²) in [5.41, 5.74) is 2.04. The molecule has 4 nitrogen and oxygen atoms in total. The van der Waals surface area contributed by atoms with Crippen LogP contribution in [-0.4, -0.2) is 30.2 Å². The summed E-state index contributed by atoms with van der Waals surface area (Å²) in [4.78, 5) is 11.7. The van der Waals surface area contributed by atoms with Gasteiger partial charge in [0.25, 0.3) is 0 Å². The SMILES string of the molecule is Cc1ccc(NC(=O)CNCC(O)CC(C)(C)C)cc1. The lowest BCUT2D eigenvalue weighted by molar-refractivity contribution is -0.115. The molecule has 0 aliphatic rings. The first kappa shape index (κ1) is 16.7. The van der Waals surface area contributed by atoms with E-state index in [1.54, 1.807) is 0 Å². The molecule has 1 aromatic rings. The van der Waals surface area contributed by atoms with E-state index < -0.39 is 6.10 Å². The van der Waals surface area contributed by atoms with E-state index in [1.165, 1.54) is 0 Å². The quantitative estimate of drug-likeness (QED) is 0.748. The van der Waals surface area contributed by atoms with Crippen LogP contribution in [0.4, 0.5) is 5.69 Å². The van der Waals surface area contributed by atoms with Gasteiger partial charge in [0.15, 0.2) is 0 Å². The second-order valence-electron chi connectivity index (χ2n) is 6.46. The molecule has 4 heteroatoms. The summed E-state index contributed by atoms with van der Waals surface area (Å²) < 4.78 is 0. The van der Waals surface area contributed by atoms with Gasteiger partial charge in [-0.1, -0.05) is 38.5 Å². The average Bonchev–Trinajstić information content (AvgIpc) is 2.29. The molecule has 0 aromatic heterocycles. The fourth-order valence-electron chi connectivity index (χ4n) is 1.97. The molecule has 1 amide bonds. The van der Waals surface area contributed by atoms with Gasteiger partial charge < -0.3 is 15.7 Å².